The minimum absolute atomic E-state index is 0.0670. The highest BCUT2D eigenvalue weighted by molar-refractivity contribution is 5.84. The molecule has 1 aromatic carbocycles. The molecule has 0 unspecified atom stereocenters. The summed E-state index contributed by atoms with van der Waals surface area (Å²) in [5.74, 6) is -0.465. The molecule has 1 rings (SSSR count). The minimum Gasteiger partial charge on any atom is -0.494 e. The molecule has 0 aliphatic carbocycles. The van der Waals surface area contributed by atoms with E-state index in [1.807, 2.05) is 13.8 Å². The van der Waals surface area contributed by atoms with Crippen LogP contribution in [0.25, 0.3) is 0 Å². The molecule has 0 aromatic heterocycles. The lowest BCUT2D eigenvalue weighted by molar-refractivity contribution is -0.139. The van der Waals surface area contributed by atoms with Crippen molar-refractivity contribution in [2.45, 2.75) is 26.7 Å². The Kier molecular flexibility index (Phi) is 7.51. The van der Waals surface area contributed by atoms with Crippen LogP contribution in [0.2, 0.25) is 0 Å². The van der Waals surface area contributed by atoms with Crippen molar-refractivity contribution in [2.75, 3.05) is 33.8 Å². The lowest BCUT2D eigenvalue weighted by atomic mass is 10.1. The first-order valence-corrected chi connectivity index (χ1v) is 7.77. The molecule has 128 valence electrons. The molecule has 0 bridgehead atoms. The Labute approximate surface area is 137 Å². The highest BCUT2D eigenvalue weighted by Crippen LogP contribution is 2.18. The van der Waals surface area contributed by atoms with Crippen LogP contribution < -0.4 is 4.74 Å². The second-order valence-electron chi connectivity index (χ2n) is 5.28. The standard InChI is InChI=1S/C17H25FN2O3/c1-5-20(6-2)17(22)12-19(3)16(21)10-8-13-7-9-15(23-4)14(18)11-13/h7,9,11H,5-6,8,10,12H2,1-4H3. The van der Waals surface area contributed by atoms with E-state index >= 15 is 0 Å². The number of hydrogen-bond acceptors (Lipinski definition) is 3. The van der Waals surface area contributed by atoms with E-state index in [0.717, 1.165) is 5.56 Å². The second-order valence-corrected chi connectivity index (χ2v) is 5.28. The third kappa shape index (κ3) is 5.54. The molecule has 1 aromatic rings. The maximum absolute atomic E-state index is 13.6. The number of likely N-dealkylation sites (N-methyl/N-ethyl adjacent to an activating group) is 2. The second kappa shape index (κ2) is 9.12. The number of halogens is 1. The van der Waals surface area contributed by atoms with Crippen LogP contribution in [0.3, 0.4) is 0 Å². The topological polar surface area (TPSA) is 49.9 Å². The van der Waals surface area contributed by atoms with Crippen LogP contribution in [0.15, 0.2) is 18.2 Å². The van der Waals surface area contributed by atoms with Gasteiger partial charge in [0.15, 0.2) is 11.6 Å². The zero-order valence-corrected chi connectivity index (χ0v) is 14.3. The number of ether oxygens (including phenoxy) is 1. The predicted octanol–water partition coefficient (Wildman–Crippen LogP) is 2.09. The maximum atomic E-state index is 13.6. The molecule has 5 nitrogen and oxygen atoms in total. The molecule has 0 N–H and O–H groups in total. The highest BCUT2D eigenvalue weighted by atomic mass is 19.1. The Balaban J connectivity index is 2.52. The van der Waals surface area contributed by atoms with Crippen LogP contribution in [0.5, 0.6) is 5.75 Å². The molecule has 0 aliphatic rings. The molecule has 0 radical (unpaired) electrons. The van der Waals surface area contributed by atoms with Crippen molar-refractivity contribution < 1.29 is 18.7 Å². The molecular formula is C17H25FN2O3. The van der Waals surface area contributed by atoms with E-state index in [0.29, 0.717) is 19.5 Å². The SMILES string of the molecule is CCN(CC)C(=O)CN(C)C(=O)CCc1ccc(OC)c(F)c1. The fraction of sp³-hybridized carbons (Fsp3) is 0.529. The molecule has 0 atom stereocenters. The monoisotopic (exact) mass is 324 g/mol. The summed E-state index contributed by atoms with van der Waals surface area (Å²) >= 11 is 0. The van der Waals surface area contributed by atoms with Crippen molar-refractivity contribution >= 4 is 11.8 Å². The Morgan fingerprint density at radius 2 is 1.83 bits per heavy atom. The summed E-state index contributed by atoms with van der Waals surface area (Å²) in [4.78, 5) is 27.2. The van der Waals surface area contributed by atoms with E-state index in [1.54, 1.807) is 24.1 Å². The summed E-state index contributed by atoms with van der Waals surface area (Å²) < 4.78 is 18.5. The summed E-state index contributed by atoms with van der Waals surface area (Å²) in [6.45, 7) is 5.13. The number of aryl methyl sites for hydroxylation is 1. The molecule has 0 fully saturated rings. The van der Waals surface area contributed by atoms with E-state index in [2.05, 4.69) is 0 Å². The molecule has 23 heavy (non-hydrogen) atoms. The lowest BCUT2D eigenvalue weighted by Crippen LogP contribution is -2.41. The fourth-order valence-corrected chi connectivity index (χ4v) is 2.27. The van der Waals surface area contributed by atoms with Crippen LogP contribution in [0, 0.1) is 5.82 Å². The summed E-state index contributed by atoms with van der Waals surface area (Å²) in [7, 11) is 3.02. The van der Waals surface area contributed by atoms with Crippen molar-refractivity contribution in [3.05, 3.63) is 29.6 Å². The molecule has 0 saturated heterocycles. The van der Waals surface area contributed by atoms with Crippen LogP contribution in [-0.2, 0) is 16.0 Å². The quantitative estimate of drug-likeness (QED) is 0.736. The largest absolute Gasteiger partial charge is 0.494 e. The van der Waals surface area contributed by atoms with Crippen molar-refractivity contribution in [2.24, 2.45) is 0 Å². The predicted molar refractivity (Wildman–Crippen MR) is 86.8 cm³/mol. The first-order chi connectivity index (χ1) is 10.9. The van der Waals surface area contributed by atoms with Gasteiger partial charge in [-0.25, -0.2) is 4.39 Å². The molecule has 0 saturated carbocycles. The van der Waals surface area contributed by atoms with Crippen LogP contribution in [-0.4, -0.2) is 55.4 Å². The van der Waals surface area contributed by atoms with Gasteiger partial charge in [-0.1, -0.05) is 6.07 Å². The zero-order chi connectivity index (χ0) is 17.4. The van der Waals surface area contributed by atoms with Crippen molar-refractivity contribution in [3.63, 3.8) is 0 Å². The number of carbonyl (C=O) groups excluding carboxylic acids is 2. The molecule has 6 heteroatoms. The number of benzene rings is 1. The Hall–Kier alpha value is -2.11. The third-order valence-corrected chi connectivity index (χ3v) is 3.76. The van der Waals surface area contributed by atoms with Gasteiger partial charge in [0.2, 0.25) is 11.8 Å². The first kappa shape index (κ1) is 18.9. The van der Waals surface area contributed by atoms with Gasteiger partial charge in [0, 0.05) is 26.6 Å². The zero-order valence-electron chi connectivity index (χ0n) is 14.3. The molecule has 2 amide bonds. The van der Waals surface area contributed by atoms with Gasteiger partial charge >= 0.3 is 0 Å². The normalized spacial score (nSPS) is 10.3. The van der Waals surface area contributed by atoms with Crippen LogP contribution >= 0.6 is 0 Å². The highest BCUT2D eigenvalue weighted by Gasteiger charge is 2.16. The maximum Gasteiger partial charge on any atom is 0.242 e. The molecule has 0 heterocycles. The number of methoxy groups -OCH3 is 1. The number of amides is 2. The van der Waals surface area contributed by atoms with Gasteiger partial charge in [-0.3, -0.25) is 9.59 Å². The third-order valence-electron chi connectivity index (χ3n) is 3.76. The van der Waals surface area contributed by atoms with E-state index in [1.165, 1.54) is 18.1 Å². The fourth-order valence-electron chi connectivity index (χ4n) is 2.27. The molecule has 0 aliphatic heterocycles. The molecular weight excluding hydrogens is 299 g/mol. The van der Waals surface area contributed by atoms with Gasteiger partial charge in [-0.2, -0.15) is 0 Å². The van der Waals surface area contributed by atoms with Crippen molar-refractivity contribution in [1.82, 2.24) is 9.80 Å². The minimum atomic E-state index is -0.442. The van der Waals surface area contributed by atoms with Gasteiger partial charge < -0.3 is 14.5 Å². The number of carbonyl (C=O) groups is 2. The number of rotatable bonds is 8. The van der Waals surface area contributed by atoms with E-state index in [-0.39, 0.29) is 30.5 Å². The lowest BCUT2D eigenvalue weighted by Gasteiger charge is -2.23. The van der Waals surface area contributed by atoms with Gasteiger partial charge in [0.25, 0.3) is 0 Å². The summed E-state index contributed by atoms with van der Waals surface area (Å²) in [5.41, 5.74) is 0.722. The van der Waals surface area contributed by atoms with E-state index in [9.17, 15) is 14.0 Å². The summed E-state index contributed by atoms with van der Waals surface area (Å²) in [6, 6.07) is 4.65. The van der Waals surface area contributed by atoms with Gasteiger partial charge in [0.05, 0.1) is 13.7 Å². The van der Waals surface area contributed by atoms with Crippen LogP contribution in [0.1, 0.15) is 25.8 Å². The average molecular weight is 324 g/mol. The Morgan fingerprint density at radius 3 is 2.35 bits per heavy atom. The summed E-state index contributed by atoms with van der Waals surface area (Å²) in [5, 5.41) is 0. The first-order valence-electron chi connectivity index (χ1n) is 7.77. The van der Waals surface area contributed by atoms with Crippen LogP contribution in [0.4, 0.5) is 4.39 Å². The smallest absolute Gasteiger partial charge is 0.242 e. The van der Waals surface area contributed by atoms with Gasteiger partial charge in [-0.15, -0.1) is 0 Å². The number of hydrogen-bond donors (Lipinski definition) is 0. The van der Waals surface area contributed by atoms with Crippen molar-refractivity contribution in [1.29, 1.82) is 0 Å². The van der Waals surface area contributed by atoms with Gasteiger partial charge in [0.1, 0.15) is 0 Å². The number of nitrogens with zero attached hydrogens (tertiary/aromatic N) is 2. The Morgan fingerprint density at radius 1 is 1.17 bits per heavy atom. The van der Waals surface area contributed by atoms with Gasteiger partial charge in [-0.05, 0) is 38.0 Å². The van der Waals surface area contributed by atoms with E-state index < -0.39 is 5.82 Å². The Bertz CT molecular complexity index is 545. The van der Waals surface area contributed by atoms with E-state index in [4.69, 9.17) is 4.74 Å². The van der Waals surface area contributed by atoms with Crippen molar-refractivity contribution in [3.8, 4) is 5.75 Å². The average Bonchev–Trinajstić information content (AvgIpc) is 2.53. The summed E-state index contributed by atoms with van der Waals surface area (Å²) in [6.07, 6.45) is 0.650. The molecule has 0 spiro atoms.